The van der Waals surface area contributed by atoms with Gasteiger partial charge in [-0.25, -0.2) is 0 Å². The van der Waals surface area contributed by atoms with Gasteiger partial charge >= 0.3 is 0 Å². The molecule has 1 heterocycles. The minimum absolute atomic E-state index is 0.0743. The van der Waals surface area contributed by atoms with Crippen LogP contribution in [0.3, 0.4) is 0 Å². The molecule has 0 spiro atoms. The molecule has 0 aliphatic carbocycles. The van der Waals surface area contributed by atoms with E-state index in [4.69, 9.17) is 21.9 Å². The topological polar surface area (TPSA) is 222 Å². The van der Waals surface area contributed by atoms with Crippen molar-refractivity contribution >= 4 is 17.8 Å². The normalized spacial score (nSPS) is 18.8. The van der Waals surface area contributed by atoms with Gasteiger partial charge in [0.05, 0.1) is 12.1 Å². The monoisotopic (exact) mass is 514 g/mol. The molecule has 1 aliphatic rings. The van der Waals surface area contributed by atoms with E-state index in [1.165, 1.54) is 24.3 Å². The van der Waals surface area contributed by atoms with Gasteiger partial charge in [0.15, 0.2) is 12.2 Å². The number of rotatable bonds is 13. The van der Waals surface area contributed by atoms with Gasteiger partial charge in [0, 0.05) is 6.54 Å². The fourth-order valence-electron chi connectivity index (χ4n) is 3.86. The van der Waals surface area contributed by atoms with Crippen LogP contribution >= 0.6 is 0 Å². The molecule has 0 aromatic heterocycles. The molecular weight excluding hydrogens is 480 g/mol. The van der Waals surface area contributed by atoms with Crippen molar-refractivity contribution in [1.29, 1.82) is 0 Å². The van der Waals surface area contributed by atoms with E-state index in [0.717, 1.165) is 11.1 Å². The van der Waals surface area contributed by atoms with Gasteiger partial charge < -0.3 is 47.9 Å². The first-order valence-corrected chi connectivity index (χ1v) is 11.9. The van der Waals surface area contributed by atoms with Crippen molar-refractivity contribution in [2.75, 3.05) is 6.54 Å². The molecule has 1 saturated heterocycles. The molecule has 1 aliphatic heterocycles. The molecular formula is C25H34N6O6. The number of phenols is 2. The lowest BCUT2D eigenvalue weighted by molar-refractivity contribution is -0.130. The van der Waals surface area contributed by atoms with Crippen LogP contribution in [0.1, 0.15) is 24.0 Å². The lowest BCUT2D eigenvalue weighted by atomic mass is 10.0. The number of aliphatic imine (C=N–C) groups is 1. The number of ether oxygens (including phenoxy) is 1. The summed E-state index contributed by atoms with van der Waals surface area (Å²) in [6.45, 7) is 0.267. The molecule has 2 amide bonds. The number of epoxide rings is 1. The smallest absolute Gasteiger partial charge is 0.242 e. The van der Waals surface area contributed by atoms with E-state index in [1.54, 1.807) is 24.3 Å². The molecule has 12 heteroatoms. The Hall–Kier alpha value is -3.87. The zero-order valence-electron chi connectivity index (χ0n) is 20.3. The summed E-state index contributed by atoms with van der Waals surface area (Å²) in [5.41, 5.74) is 18.4. The number of carbonyl (C=O) groups excluding carboxylic acids is 2. The highest BCUT2D eigenvalue weighted by molar-refractivity contribution is 5.90. The van der Waals surface area contributed by atoms with Gasteiger partial charge in [0.2, 0.25) is 11.8 Å². The van der Waals surface area contributed by atoms with E-state index in [1.807, 2.05) is 0 Å². The van der Waals surface area contributed by atoms with Gasteiger partial charge in [-0.05, 0) is 61.1 Å². The minimum atomic E-state index is -1.00. The quantitative estimate of drug-likeness (QED) is 0.0706. The Morgan fingerprint density at radius 3 is 1.97 bits per heavy atom. The van der Waals surface area contributed by atoms with Crippen molar-refractivity contribution in [2.45, 2.75) is 56.2 Å². The maximum absolute atomic E-state index is 13.3. The lowest BCUT2D eigenvalue weighted by Crippen LogP contribution is -2.55. The molecule has 3 rings (SSSR count). The summed E-state index contributed by atoms with van der Waals surface area (Å²) in [5, 5.41) is 34.4. The first-order valence-electron chi connectivity index (χ1n) is 11.9. The standard InChI is InChI=1S/C25H34N6O6/c26-18(12-14-3-7-16(32)8-4-14)22(34)30-19(2-1-11-29-25(27)28)23(35)31-20(21-24(36)37-21)13-15-5-9-17(33)10-6-15/h3-10,18-21,24,32-33,36H,1-2,11-13,26H2,(H,30,34)(H,31,35)(H4,27,28,29)/t18?,19?,20?,21?,24-/m0/s1. The van der Waals surface area contributed by atoms with Crippen LogP contribution in [0.15, 0.2) is 53.5 Å². The summed E-state index contributed by atoms with van der Waals surface area (Å²) in [4.78, 5) is 30.0. The predicted molar refractivity (Wildman–Crippen MR) is 136 cm³/mol. The van der Waals surface area contributed by atoms with Gasteiger partial charge in [-0.3, -0.25) is 14.6 Å². The van der Waals surface area contributed by atoms with Crippen LogP contribution in [0.5, 0.6) is 11.5 Å². The summed E-state index contributed by atoms with van der Waals surface area (Å²) in [5.74, 6) is -0.853. The summed E-state index contributed by atoms with van der Waals surface area (Å²) < 4.78 is 5.20. The number of benzene rings is 2. The summed E-state index contributed by atoms with van der Waals surface area (Å²) in [7, 11) is 0. The number of guanidine groups is 1. The van der Waals surface area contributed by atoms with Crippen LogP contribution in [0.25, 0.3) is 0 Å². The van der Waals surface area contributed by atoms with Crippen molar-refractivity contribution in [3.63, 3.8) is 0 Å². The highest BCUT2D eigenvalue weighted by atomic mass is 16.7. The number of amides is 2. The van der Waals surface area contributed by atoms with Gasteiger partial charge in [0.25, 0.3) is 0 Å². The third-order valence-electron chi connectivity index (χ3n) is 5.92. The molecule has 0 bridgehead atoms. The van der Waals surface area contributed by atoms with Crippen LogP contribution in [-0.2, 0) is 27.2 Å². The number of nitrogens with two attached hydrogens (primary N) is 3. The van der Waals surface area contributed by atoms with Gasteiger partial charge in [-0.2, -0.15) is 0 Å². The number of phenolic OH excluding ortho intramolecular Hbond substituents is 2. The average molecular weight is 515 g/mol. The van der Waals surface area contributed by atoms with Crippen molar-refractivity contribution in [2.24, 2.45) is 22.2 Å². The molecule has 4 unspecified atom stereocenters. The number of aromatic hydroxyl groups is 2. The largest absolute Gasteiger partial charge is 0.508 e. The summed E-state index contributed by atoms with van der Waals surface area (Å²) in [6, 6.07) is 10.4. The highest BCUT2D eigenvalue weighted by Crippen LogP contribution is 2.25. The Morgan fingerprint density at radius 1 is 0.919 bits per heavy atom. The van der Waals surface area contributed by atoms with Crippen LogP contribution < -0.4 is 27.8 Å². The lowest BCUT2D eigenvalue weighted by Gasteiger charge is -2.24. The van der Waals surface area contributed by atoms with E-state index < -0.39 is 42.3 Å². The second-order valence-electron chi connectivity index (χ2n) is 8.96. The number of aliphatic hydroxyl groups is 1. The number of nitrogens with one attached hydrogen (secondary N) is 2. The van der Waals surface area contributed by atoms with Gasteiger partial charge in [-0.1, -0.05) is 24.3 Å². The van der Waals surface area contributed by atoms with Crippen molar-refractivity contribution in [3.05, 3.63) is 59.7 Å². The second kappa shape index (κ2) is 12.9. The first kappa shape index (κ1) is 27.7. The SMILES string of the molecule is NC(N)=NCCCC(NC(=O)C(N)Cc1ccc(O)cc1)C(=O)NC(Cc1ccc(O)cc1)C1O[C@@H]1O. The fraction of sp³-hybridized carbons (Fsp3) is 0.400. The first-order chi connectivity index (χ1) is 17.6. The maximum atomic E-state index is 13.3. The Kier molecular flexibility index (Phi) is 9.66. The summed E-state index contributed by atoms with van der Waals surface area (Å²) in [6.07, 6.45) is -0.416. The zero-order valence-corrected chi connectivity index (χ0v) is 20.3. The highest BCUT2D eigenvalue weighted by Gasteiger charge is 2.45. The number of hydrogen-bond donors (Lipinski definition) is 8. The molecule has 12 nitrogen and oxygen atoms in total. The molecule has 2 aromatic carbocycles. The Bertz CT molecular complexity index is 1070. The molecule has 1 fully saturated rings. The average Bonchev–Trinajstić information content (AvgIpc) is 3.59. The van der Waals surface area contributed by atoms with Crippen molar-refractivity contribution in [3.8, 4) is 11.5 Å². The molecule has 200 valence electrons. The zero-order chi connectivity index (χ0) is 26.9. The van der Waals surface area contributed by atoms with E-state index in [2.05, 4.69) is 15.6 Å². The van der Waals surface area contributed by atoms with E-state index in [9.17, 15) is 24.9 Å². The molecule has 11 N–H and O–H groups in total. The number of carbonyl (C=O) groups is 2. The molecule has 37 heavy (non-hydrogen) atoms. The van der Waals surface area contributed by atoms with E-state index >= 15 is 0 Å². The minimum Gasteiger partial charge on any atom is -0.508 e. The van der Waals surface area contributed by atoms with Crippen molar-refractivity contribution < 1.29 is 29.6 Å². The molecule has 0 radical (unpaired) electrons. The maximum Gasteiger partial charge on any atom is 0.242 e. The number of aliphatic hydroxyl groups excluding tert-OH is 1. The third kappa shape index (κ3) is 8.94. The van der Waals surface area contributed by atoms with Crippen LogP contribution in [0, 0.1) is 0 Å². The van der Waals surface area contributed by atoms with Crippen molar-refractivity contribution in [1.82, 2.24) is 10.6 Å². The van der Waals surface area contributed by atoms with Gasteiger partial charge in [0.1, 0.15) is 23.6 Å². The number of nitrogens with zero attached hydrogens (tertiary/aromatic N) is 1. The molecule has 5 atom stereocenters. The molecule has 2 aromatic rings. The number of hydrogen-bond acceptors (Lipinski definition) is 8. The second-order valence-corrected chi connectivity index (χ2v) is 8.96. The fourth-order valence-corrected chi connectivity index (χ4v) is 3.86. The van der Waals surface area contributed by atoms with Crippen LogP contribution in [0.4, 0.5) is 0 Å². The Balaban J connectivity index is 1.67. The summed E-state index contributed by atoms with van der Waals surface area (Å²) >= 11 is 0. The predicted octanol–water partition coefficient (Wildman–Crippen LogP) is -1.05. The van der Waals surface area contributed by atoms with Crippen LogP contribution in [0.2, 0.25) is 0 Å². The van der Waals surface area contributed by atoms with E-state index in [-0.39, 0.29) is 36.8 Å². The Morgan fingerprint density at radius 2 is 1.46 bits per heavy atom. The van der Waals surface area contributed by atoms with E-state index in [0.29, 0.717) is 12.8 Å². The van der Waals surface area contributed by atoms with Gasteiger partial charge in [-0.15, -0.1) is 0 Å². The van der Waals surface area contributed by atoms with Crippen LogP contribution in [-0.4, -0.2) is 70.2 Å². The Labute approximate surface area is 214 Å². The third-order valence-corrected chi connectivity index (χ3v) is 5.92. The molecule has 0 saturated carbocycles.